The first-order chi connectivity index (χ1) is 5.12. The Balaban J connectivity index is 0.000000281. The van der Waals surface area contributed by atoms with E-state index in [-0.39, 0.29) is 5.41 Å². The van der Waals surface area contributed by atoms with Crippen LogP contribution in [0.1, 0.15) is 13.8 Å². The molecule has 2 aliphatic rings. The summed E-state index contributed by atoms with van der Waals surface area (Å²) in [5, 5.41) is 3.08. The minimum Gasteiger partial charge on any atom is -0.315 e. The van der Waals surface area contributed by atoms with Crippen LogP contribution in [0.2, 0.25) is 0 Å². The molecule has 0 radical (unpaired) electrons. The Bertz CT molecular complexity index is 215. The van der Waals surface area contributed by atoms with Gasteiger partial charge in [0.25, 0.3) is 0 Å². The van der Waals surface area contributed by atoms with Crippen LogP contribution in [0.15, 0.2) is 0 Å². The van der Waals surface area contributed by atoms with E-state index in [4.69, 9.17) is 0 Å². The van der Waals surface area contributed by atoms with E-state index in [0.29, 0.717) is 11.5 Å². The van der Waals surface area contributed by atoms with Gasteiger partial charge in [-0.3, -0.25) is 0 Å². The third-order valence-electron chi connectivity index (χ3n) is 2.05. The summed E-state index contributed by atoms with van der Waals surface area (Å²) in [6, 6.07) is 0. The number of nitrogens with one attached hydrogen (secondary N) is 1. The molecule has 0 atom stereocenters. The topological polar surface area (TPSA) is 46.2 Å². The summed E-state index contributed by atoms with van der Waals surface area (Å²) in [7, 11) is -2.59. The van der Waals surface area contributed by atoms with Crippen molar-refractivity contribution < 1.29 is 8.42 Å². The van der Waals surface area contributed by atoms with Gasteiger partial charge < -0.3 is 5.32 Å². The maximum Gasteiger partial charge on any atom is 0.151 e. The quantitative estimate of drug-likeness (QED) is 0.568. The third kappa shape index (κ3) is 1.56. The van der Waals surface area contributed by atoms with E-state index in [1.54, 1.807) is 0 Å². The van der Waals surface area contributed by atoms with Crippen LogP contribution in [0.25, 0.3) is 0 Å². The standard InChI is InChI=1S/C5H9NO2S.C2H6/c7-9(8)3-5(4-9)1-6-2-5;1-2/h6H,1-4H2;1-2H3. The molecule has 0 aromatic carbocycles. The highest BCUT2D eigenvalue weighted by Gasteiger charge is 2.52. The van der Waals surface area contributed by atoms with Crippen LogP contribution in [-0.4, -0.2) is 33.0 Å². The van der Waals surface area contributed by atoms with E-state index in [1.807, 2.05) is 13.8 Å². The smallest absolute Gasteiger partial charge is 0.151 e. The van der Waals surface area contributed by atoms with Gasteiger partial charge in [0.15, 0.2) is 9.84 Å². The maximum absolute atomic E-state index is 10.7. The molecule has 2 aliphatic heterocycles. The lowest BCUT2D eigenvalue weighted by atomic mass is 9.85. The van der Waals surface area contributed by atoms with E-state index in [2.05, 4.69) is 5.32 Å². The van der Waals surface area contributed by atoms with Crippen molar-refractivity contribution in [2.75, 3.05) is 24.6 Å². The highest BCUT2D eigenvalue weighted by atomic mass is 32.2. The van der Waals surface area contributed by atoms with Gasteiger partial charge in [-0.2, -0.15) is 0 Å². The van der Waals surface area contributed by atoms with Gasteiger partial charge in [0.1, 0.15) is 0 Å². The average Bonchev–Trinajstić information content (AvgIpc) is 1.83. The Labute approximate surface area is 68.1 Å². The zero-order valence-electron chi connectivity index (χ0n) is 7.05. The average molecular weight is 177 g/mol. The van der Waals surface area contributed by atoms with Crippen LogP contribution in [0.5, 0.6) is 0 Å². The fourth-order valence-corrected chi connectivity index (χ4v) is 3.76. The lowest BCUT2D eigenvalue weighted by Crippen LogP contribution is -2.66. The number of hydrogen-bond donors (Lipinski definition) is 1. The van der Waals surface area contributed by atoms with Crippen molar-refractivity contribution in [3.8, 4) is 0 Å². The van der Waals surface area contributed by atoms with Crippen molar-refractivity contribution in [1.82, 2.24) is 5.32 Å². The predicted octanol–water partition coefficient (Wildman–Crippen LogP) is 0.0306. The van der Waals surface area contributed by atoms with Crippen LogP contribution >= 0.6 is 0 Å². The second-order valence-electron chi connectivity index (χ2n) is 3.14. The van der Waals surface area contributed by atoms with Crippen molar-refractivity contribution >= 4 is 9.84 Å². The summed E-state index contributed by atoms with van der Waals surface area (Å²) >= 11 is 0. The Hall–Kier alpha value is -0.0900. The van der Waals surface area contributed by atoms with Crippen LogP contribution in [-0.2, 0) is 9.84 Å². The van der Waals surface area contributed by atoms with Gasteiger partial charge >= 0.3 is 0 Å². The van der Waals surface area contributed by atoms with Crippen LogP contribution in [0.3, 0.4) is 0 Å². The predicted molar refractivity (Wildman–Crippen MR) is 45.3 cm³/mol. The highest BCUT2D eigenvalue weighted by Crippen LogP contribution is 2.35. The van der Waals surface area contributed by atoms with Crippen molar-refractivity contribution in [2.45, 2.75) is 13.8 Å². The number of rotatable bonds is 0. The molecule has 1 N–H and O–H groups in total. The first kappa shape index (κ1) is 9.00. The Morgan fingerprint density at radius 3 is 1.73 bits per heavy atom. The molecule has 66 valence electrons. The molecule has 0 unspecified atom stereocenters. The maximum atomic E-state index is 10.7. The normalized spacial score (nSPS) is 29.3. The Morgan fingerprint density at radius 2 is 1.64 bits per heavy atom. The van der Waals surface area contributed by atoms with Crippen LogP contribution in [0, 0.1) is 5.41 Å². The van der Waals surface area contributed by atoms with E-state index in [0.717, 1.165) is 13.1 Å². The molecule has 0 saturated carbocycles. The van der Waals surface area contributed by atoms with Gasteiger partial charge in [0.05, 0.1) is 11.5 Å². The van der Waals surface area contributed by atoms with Gasteiger partial charge in [0, 0.05) is 18.5 Å². The van der Waals surface area contributed by atoms with Gasteiger partial charge in [-0.05, 0) is 0 Å². The molecule has 2 saturated heterocycles. The molecule has 0 aromatic heterocycles. The summed E-state index contributed by atoms with van der Waals surface area (Å²) in [4.78, 5) is 0. The van der Waals surface area contributed by atoms with E-state index < -0.39 is 9.84 Å². The molecule has 2 rings (SSSR count). The van der Waals surface area contributed by atoms with E-state index in [9.17, 15) is 8.42 Å². The molecule has 2 fully saturated rings. The molecular weight excluding hydrogens is 162 g/mol. The first-order valence-corrected chi connectivity index (χ1v) is 5.85. The monoisotopic (exact) mass is 177 g/mol. The first-order valence-electron chi connectivity index (χ1n) is 4.03. The second-order valence-corrected chi connectivity index (χ2v) is 5.20. The lowest BCUT2D eigenvalue weighted by molar-refractivity contribution is 0.208. The number of sulfone groups is 1. The lowest BCUT2D eigenvalue weighted by Gasteiger charge is -2.48. The minimum absolute atomic E-state index is 0.179. The van der Waals surface area contributed by atoms with E-state index >= 15 is 0 Å². The Kier molecular flexibility index (Phi) is 2.25. The molecule has 0 aliphatic carbocycles. The summed E-state index contributed by atoms with van der Waals surface area (Å²) < 4.78 is 21.3. The summed E-state index contributed by atoms with van der Waals surface area (Å²) in [6.07, 6.45) is 0. The van der Waals surface area contributed by atoms with Crippen LogP contribution in [0.4, 0.5) is 0 Å². The largest absolute Gasteiger partial charge is 0.315 e. The summed E-state index contributed by atoms with van der Waals surface area (Å²) in [5.41, 5.74) is 0.179. The minimum atomic E-state index is -2.59. The Morgan fingerprint density at radius 1 is 1.18 bits per heavy atom. The molecule has 0 amide bonds. The highest BCUT2D eigenvalue weighted by molar-refractivity contribution is 7.92. The zero-order valence-corrected chi connectivity index (χ0v) is 7.87. The molecule has 1 spiro atoms. The second kappa shape index (κ2) is 2.75. The third-order valence-corrected chi connectivity index (χ3v) is 4.16. The molecule has 0 bridgehead atoms. The van der Waals surface area contributed by atoms with Crippen molar-refractivity contribution in [3.05, 3.63) is 0 Å². The van der Waals surface area contributed by atoms with Crippen molar-refractivity contribution in [3.63, 3.8) is 0 Å². The van der Waals surface area contributed by atoms with Crippen LogP contribution < -0.4 is 5.32 Å². The SMILES string of the molecule is CC.O=S1(=O)CC2(CNC2)C1. The van der Waals surface area contributed by atoms with Gasteiger partial charge in [0.2, 0.25) is 0 Å². The molecule has 0 aromatic rings. The fourth-order valence-electron chi connectivity index (χ4n) is 1.57. The van der Waals surface area contributed by atoms with Gasteiger partial charge in [-0.15, -0.1) is 0 Å². The molecular formula is C7H15NO2S. The zero-order chi connectivity index (χ0) is 8.54. The molecule has 4 heteroatoms. The van der Waals surface area contributed by atoms with Gasteiger partial charge in [-0.1, -0.05) is 13.8 Å². The fraction of sp³-hybridized carbons (Fsp3) is 1.00. The molecule has 2 heterocycles. The van der Waals surface area contributed by atoms with Gasteiger partial charge in [-0.25, -0.2) is 8.42 Å². The summed E-state index contributed by atoms with van der Waals surface area (Å²) in [5.74, 6) is 0.847. The van der Waals surface area contributed by atoms with Crippen molar-refractivity contribution in [2.24, 2.45) is 5.41 Å². The van der Waals surface area contributed by atoms with E-state index in [1.165, 1.54) is 0 Å². The van der Waals surface area contributed by atoms with Crippen molar-refractivity contribution in [1.29, 1.82) is 0 Å². The summed E-state index contributed by atoms with van der Waals surface area (Å²) in [6.45, 7) is 5.82. The molecule has 3 nitrogen and oxygen atoms in total. The number of hydrogen-bond acceptors (Lipinski definition) is 3. The molecule has 11 heavy (non-hydrogen) atoms.